The van der Waals surface area contributed by atoms with Gasteiger partial charge in [0.15, 0.2) is 0 Å². The zero-order chi connectivity index (χ0) is 12.8. The number of piperidine rings is 1. The molecule has 3 atom stereocenters. The number of methoxy groups -OCH3 is 1. The van der Waals surface area contributed by atoms with Crippen LogP contribution in [0.2, 0.25) is 0 Å². The van der Waals surface area contributed by atoms with Crippen LogP contribution in [0, 0.1) is 5.92 Å². The smallest absolute Gasteiger partial charge is 0.0628 e. The van der Waals surface area contributed by atoms with Crippen molar-refractivity contribution in [2.45, 2.75) is 57.5 Å². The predicted octanol–water partition coefficient (Wildman–Crippen LogP) is 2.27. The third kappa shape index (κ3) is 3.69. The molecule has 0 spiro atoms. The van der Waals surface area contributed by atoms with E-state index in [2.05, 4.69) is 17.1 Å². The molecular weight excluding hydrogens is 224 g/mol. The van der Waals surface area contributed by atoms with Crippen molar-refractivity contribution in [1.82, 2.24) is 10.2 Å². The Labute approximate surface area is 112 Å². The molecule has 2 fully saturated rings. The summed E-state index contributed by atoms with van der Waals surface area (Å²) < 4.78 is 5.34. The molecule has 1 unspecified atom stereocenters. The van der Waals surface area contributed by atoms with E-state index >= 15 is 0 Å². The maximum absolute atomic E-state index is 5.34. The van der Waals surface area contributed by atoms with Gasteiger partial charge in [0, 0.05) is 25.7 Å². The van der Waals surface area contributed by atoms with Crippen LogP contribution in [0.1, 0.15) is 45.4 Å². The third-order valence-electron chi connectivity index (χ3n) is 4.67. The summed E-state index contributed by atoms with van der Waals surface area (Å²) in [6, 6.07) is 1.37. The van der Waals surface area contributed by atoms with Gasteiger partial charge in [0.1, 0.15) is 0 Å². The highest BCUT2D eigenvalue weighted by Crippen LogP contribution is 2.35. The Kier molecular flexibility index (Phi) is 5.93. The Morgan fingerprint density at radius 2 is 2.00 bits per heavy atom. The highest BCUT2D eigenvalue weighted by molar-refractivity contribution is 4.89. The fourth-order valence-corrected chi connectivity index (χ4v) is 3.90. The van der Waals surface area contributed by atoms with Crippen LogP contribution < -0.4 is 5.32 Å². The number of ether oxygens (including phenoxy) is 1. The molecule has 2 rings (SSSR count). The second kappa shape index (κ2) is 7.46. The van der Waals surface area contributed by atoms with E-state index in [0.717, 1.165) is 25.1 Å². The predicted molar refractivity (Wildman–Crippen MR) is 75.9 cm³/mol. The van der Waals surface area contributed by atoms with Crippen molar-refractivity contribution < 1.29 is 4.74 Å². The van der Waals surface area contributed by atoms with E-state index < -0.39 is 0 Å². The summed E-state index contributed by atoms with van der Waals surface area (Å²) in [6.07, 6.45) is 8.66. The maximum Gasteiger partial charge on any atom is 0.0628 e. The molecule has 3 nitrogen and oxygen atoms in total. The van der Waals surface area contributed by atoms with Crippen LogP contribution in [-0.2, 0) is 4.74 Å². The number of nitrogens with zero attached hydrogens (tertiary/aromatic N) is 1. The van der Waals surface area contributed by atoms with Crippen LogP contribution in [0.5, 0.6) is 0 Å². The van der Waals surface area contributed by atoms with E-state index in [9.17, 15) is 0 Å². The second-order valence-corrected chi connectivity index (χ2v) is 5.96. The van der Waals surface area contributed by atoms with E-state index in [-0.39, 0.29) is 0 Å². The van der Waals surface area contributed by atoms with Crippen LogP contribution in [0.25, 0.3) is 0 Å². The SMILES string of the molecule is CCNC(COC)CN1CCC[C@H]2CCCC[C@H]21. The van der Waals surface area contributed by atoms with Crippen molar-refractivity contribution in [3.63, 3.8) is 0 Å². The van der Waals surface area contributed by atoms with Crippen molar-refractivity contribution in [2.24, 2.45) is 5.92 Å². The Morgan fingerprint density at radius 1 is 1.22 bits per heavy atom. The molecule has 0 aromatic heterocycles. The van der Waals surface area contributed by atoms with Crippen molar-refractivity contribution in [1.29, 1.82) is 0 Å². The Balaban J connectivity index is 1.88. The van der Waals surface area contributed by atoms with Crippen LogP contribution in [0.15, 0.2) is 0 Å². The van der Waals surface area contributed by atoms with Gasteiger partial charge in [-0.25, -0.2) is 0 Å². The highest BCUT2D eigenvalue weighted by atomic mass is 16.5. The van der Waals surface area contributed by atoms with Crippen molar-refractivity contribution in [3.05, 3.63) is 0 Å². The lowest BCUT2D eigenvalue weighted by atomic mass is 9.78. The molecule has 1 N–H and O–H groups in total. The van der Waals surface area contributed by atoms with Gasteiger partial charge < -0.3 is 10.1 Å². The maximum atomic E-state index is 5.34. The number of likely N-dealkylation sites (tertiary alicyclic amines) is 1. The number of nitrogens with one attached hydrogen (secondary N) is 1. The molecule has 0 aromatic carbocycles. The first-order chi connectivity index (χ1) is 8.85. The number of hydrogen-bond acceptors (Lipinski definition) is 3. The quantitative estimate of drug-likeness (QED) is 0.787. The first-order valence-electron chi connectivity index (χ1n) is 7.81. The average molecular weight is 254 g/mol. The minimum Gasteiger partial charge on any atom is -0.383 e. The third-order valence-corrected chi connectivity index (χ3v) is 4.67. The monoisotopic (exact) mass is 254 g/mol. The zero-order valence-electron chi connectivity index (χ0n) is 12.2. The fraction of sp³-hybridized carbons (Fsp3) is 1.00. The lowest BCUT2D eigenvalue weighted by Gasteiger charge is -2.45. The molecular formula is C15H30N2O. The highest BCUT2D eigenvalue weighted by Gasteiger charge is 2.33. The number of hydrogen-bond donors (Lipinski definition) is 1. The summed E-state index contributed by atoms with van der Waals surface area (Å²) in [6.45, 7) is 6.52. The molecule has 18 heavy (non-hydrogen) atoms. The minimum absolute atomic E-state index is 0.501. The summed E-state index contributed by atoms with van der Waals surface area (Å²) in [7, 11) is 1.81. The minimum atomic E-state index is 0.501. The molecule has 106 valence electrons. The van der Waals surface area contributed by atoms with Gasteiger partial charge in [-0.15, -0.1) is 0 Å². The number of likely N-dealkylation sites (N-methyl/N-ethyl adjacent to an activating group) is 1. The molecule has 2 aliphatic rings. The van der Waals surface area contributed by atoms with E-state index in [1.165, 1.54) is 51.6 Å². The Bertz CT molecular complexity index is 227. The van der Waals surface area contributed by atoms with Crippen LogP contribution in [-0.4, -0.2) is 50.3 Å². The van der Waals surface area contributed by atoms with E-state index in [1.54, 1.807) is 0 Å². The van der Waals surface area contributed by atoms with Gasteiger partial charge in [0.05, 0.1) is 6.61 Å². The van der Waals surface area contributed by atoms with E-state index in [0.29, 0.717) is 6.04 Å². The summed E-state index contributed by atoms with van der Waals surface area (Å²) in [5, 5.41) is 3.56. The summed E-state index contributed by atoms with van der Waals surface area (Å²) in [5.74, 6) is 0.984. The van der Waals surface area contributed by atoms with Gasteiger partial charge in [-0.05, 0) is 44.7 Å². The largest absolute Gasteiger partial charge is 0.383 e. The van der Waals surface area contributed by atoms with E-state index in [4.69, 9.17) is 4.74 Å². The van der Waals surface area contributed by atoms with Gasteiger partial charge in [-0.3, -0.25) is 4.90 Å². The van der Waals surface area contributed by atoms with Gasteiger partial charge >= 0.3 is 0 Å². The molecule has 1 aliphatic heterocycles. The second-order valence-electron chi connectivity index (χ2n) is 5.96. The van der Waals surface area contributed by atoms with E-state index in [1.807, 2.05) is 7.11 Å². The molecule has 0 amide bonds. The molecule has 1 aliphatic carbocycles. The van der Waals surface area contributed by atoms with Gasteiger partial charge in [-0.1, -0.05) is 19.8 Å². The van der Waals surface area contributed by atoms with Crippen molar-refractivity contribution in [3.8, 4) is 0 Å². The van der Waals surface area contributed by atoms with Gasteiger partial charge in [0.25, 0.3) is 0 Å². The lowest BCUT2D eigenvalue weighted by molar-refractivity contribution is 0.0418. The van der Waals surface area contributed by atoms with Crippen LogP contribution in [0.3, 0.4) is 0 Å². The van der Waals surface area contributed by atoms with Crippen molar-refractivity contribution in [2.75, 3.05) is 33.4 Å². The molecule has 0 aromatic rings. The molecule has 1 saturated heterocycles. The molecule has 1 saturated carbocycles. The van der Waals surface area contributed by atoms with Gasteiger partial charge in [0.2, 0.25) is 0 Å². The first kappa shape index (κ1) is 14.3. The fourth-order valence-electron chi connectivity index (χ4n) is 3.90. The Morgan fingerprint density at radius 3 is 2.78 bits per heavy atom. The topological polar surface area (TPSA) is 24.5 Å². The van der Waals surface area contributed by atoms with Crippen LogP contribution >= 0.6 is 0 Å². The molecule has 3 heteroatoms. The number of rotatable bonds is 6. The average Bonchev–Trinajstić information content (AvgIpc) is 2.40. The van der Waals surface area contributed by atoms with Crippen LogP contribution in [0.4, 0.5) is 0 Å². The summed E-state index contributed by atoms with van der Waals surface area (Å²) in [5.41, 5.74) is 0. The molecule has 0 radical (unpaired) electrons. The molecule has 1 heterocycles. The summed E-state index contributed by atoms with van der Waals surface area (Å²) in [4.78, 5) is 2.75. The number of fused-ring (bicyclic) bond motifs is 1. The Hall–Kier alpha value is -0.120. The van der Waals surface area contributed by atoms with Crippen molar-refractivity contribution >= 4 is 0 Å². The summed E-state index contributed by atoms with van der Waals surface area (Å²) >= 11 is 0. The molecule has 0 bridgehead atoms. The van der Waals surface area contributed by atoms with Gasteiger partial charge in [-0.2, -0.15) is 0 Å². The first-order valence-corrected chi connectivity index (χ1v) is 7.81. The standard InChI is InChI=1S/C15H30N2O/c1-3-16-14(12-18-2)11-17-10-6-8-13-7-4-5-9-15(13)17/h13-16H,3-12H2,1-2H3/t13-,14?,15-/m1/s1. The lowest BCUT2D eigenvalue weighted by Crippen LogP contribution is -2.52. The normalized spacial score (nSPS) is 31.0. The zero-order valence-corrected chi connectivity index (χ0v) is 12.2.